The van der Waals surface area contributed by atoms with Crippen LogP contribution in [-0.2, 0) is 14.4 Å². The molecule has 0 atom stereocenters. The minimum atomic E-state index is -1.00. The van der Waals surface area contributed by atoms with E-state index >= 15 is 0 Å². The van der Waals surface area contributed by atoms with Gasteiger partial charge in [0.2, 0.25) is 0 Å². The predicted molar refractivity (Wildman–Crippen MR) is 44.8 cm³/mol. The fourth-order valence-corrected chi connectivity index (χ4v) is 1.04. The minimum Gasteiger partial charge on any atom is -0.299 e. The number of hydrogen-bond donors (Lipinski definition) is 0. The zero-order chi connectivity index (χ0) is 9.72. The highest BCUT2D eigenvalue weighted by Crippen LogP contribution is 2.07. The zero-order valence-corrected chi connectivity index (χ0v) is 7.72. The molecule has 0 aliphatic heterocycles. The largest absolute Gasteiger partial charge is 0.299 e. The van der Waals surface area contributed by atoms with Crippen LogP contribution in [0.3, 0.4) is 0 Å². The number of ketones is 3. The SMILES string of the molecule is CCC(=O)C(C(C)=O)C(=O)CC. The van der Waals surface area contributed by atoms with Crippen molar-refractivity contribution in [1.82, 2.24) is 0 Å². The molecule has 0 heterocycles. The van der Waals surface area contributed by atoms with Crippen LogP contribution in [0, 0.1) is 5.92 Å². The van der Waals surface area contributed by atoms with Crippen LogP contribution in [0.1, 0.15) is 33.6 Å². The Kier molecular flexibility index (Phi) is 4.40. The monoisotopic (exact) mass is 170 g/mol. The third kappa shape index (κ3) is 2.57. The van der Waals surface area contributed by atoms with E-state index in [2.05, 4.69) is 0 Å². The first-order chi connectivity index (χ1) is 5.54. The van der Waals surface area contributed by atoms with Gasteiger partial charge in [-0.05, 0) is 6.92 Å². The van der Waals surface area contributed by atoms with Crippen LogP contribution in [0.2, 0.25) is 0 Å². The van der Waals surface area contributed by atoms with E-state index in [0.717, 1.165) is 0 Å². The highest BCUT2D eigenvalue weighted by Gasteiger charge is 2.27. The molecule has 0 aromatic rings. The van der Waals surface area contributed by atoms with Crippen LogP contribution >= 0.6 is 0 Å². The van der Waals surface area contributed by atoms with Crippen molar-refractivity contribution in [2.45, 2.75) is 33.6 Å². The smallest absolute Gasteiger partial charge is 0.150 e. The molecule has 0 unspecified atom stereocenters. The quantitative estimate of drug-likeness (QED) is 0.581. The molecule has 68 valence electrons. The summed E-state index contributed by atoms with van der Waals surface area (Å²) in [6.07, 6.45) is 0.492. The van der Waals surface area contributed by atoms with E-state index in [-0.39, 0.29) is 30.2 Å². The summed E-state index contributed by atoms with van der Waals surface area (Å²) in [7, 11) is 0. The fourth-order valence-electron chi connectivity index (χ4n) is 1.04. The molecule has 0 aliphatic rings. The van der Waals surface area contributed by atoms with Crippen molar-refractivity contribution in [3.05, 3.63) is 0 Å². The number of rotatable bonds is 5. The molecule has 0 amide bonds. The Morgan fingerprint density at radius 3 is 1.50 bits per heavy atom. The summed E-state index contributed by atoms with van der Waals surface area (Å²) < 4.78 is 0. The van der Waals surface area contributed by atoms with Crippen LogP contribution in [0.5, 0.6) is 0 Å². The molecule has 0 saturated carbocycles. The molecule has 0 aliphatic carbocycles. The summed E-state index contributed by atoms with van der Waals surface area (Å²) in [6.45, 7) is 4.59. The Hall–Kier alpha value is -0.990. The van der Waals surface area contributed by atoms with Crippen molar-refractivity contribution in [2.24, 2.45) is 5.92 Å². The number of carbonyl (C=O) groups is 3. The Labute approximate surface area is 72.1 Å². The van der Waals surface area contributed by atoms with Gasteiger partial charge >= 0.3 is 0 Å². The van der Waals surface area contributed by atoms with Crippen LogP contribution in [0.4, 0.5) is 0 Å². The summed E-state index contributed by atoms with van der Waals surface area (Å²) in [5.74, 6) is -1.88. The molecule has 0 N–H and O–H groups in total. The fraction of sp³-hybridized carbons (Fsp3) is 0.667. The van der Waals surface area contributed by atoms with E-state index in [1.165, 1.54) is 6.92 Å². The molecular formula is C9H14O3. The maximum atomic E-state index is 11.1. The van der Waals surface area contributed by atoms with Gasteiger partial charge < -0.3 is 0 Å². The third-order valence-electron chi connectivity index (χ3n) is 1.75. The Morgan fingerprint density at radius 1 is 1.00 bits per heavy atom. The summed E-state index contributed by atoms with van der Waals surface area (Å²) >= 11 is 0. The lowest BCUT2D eigenvalue weighted by Crippen LogP contribution is -2.29. The van der Waals surface area contributed by atoms with Crippen LogP contribution in [-0.4, -0.2) is 17.3 Å². The molecule has 0 aromatic carbocycles. The van der Waals surface area contributed by atoms with E-state index in [4.69, 9.17) is 0 Å². The van der Waals surface area contributed by atoms with Crippen LogP contribution in [0.25, 0.3) is 0 Å². The van der Waals surface area contributed by atoms with Gasteiger partial charge in [0.05, 0.1) is 0 Å². The van der Waals surface area contributed by atoms with E-state index in [9.17, 15) is 14.4 Å². The zero-order valence-electron chi connectivity index (χ0n) is 7.72. The summed E-state index contributed by atoms with van der Waals surface area (Å²) in [4.78, 5) is 33.1. The first-order valence-corrected chi connectivity index (χ1v) is 4.10. The minimum absolute atomic E-state index is 0.246. The van der Waals surface area contributed by atoms with Gasteiger partial charge in [0.1, 0.15) is 11.7 Å². The van der Waals surface area contributed by atoms with Gasteiger partial charge in [-0.1, -0.05) is 13.8 Å². The van der Waals surface area contributed by atoms with Gasteiger partial charge in [-0.25, -0.2) is 0 Å². The molecule has 0 aromatic heterocycles. The highest BCUT2D eigenvalue weighted by atomic mass is 16.2. The summed E-state index contributed by atoms with van der Waals surface area (Å²) in [5.41, 5.74) is 0. The van der Waals surface area contributed by atoms with E-state index in [1.807, 2.05) is 0 Å². The number of Topliss-reactive ketones (excluding diaryl/α,β-unsaturated/α-hetero) is 3. The normalized spacial score (nSPS) is 10.0. The topological polar surface area (TPSA) is 51.2 Å². The molecule has 12 heavy (non-hydrogen) atoms. The number of carbonyl (C=O) groups excluding carboxylic acids is 3. The van der Waals surface area contributed by atoms with Crippen molar-refractivity contribution >= 4 is 17.3 Å². The van der Waals surface area contributed by atoms with Crippen molar-refractivity contribution < 1.29 is 14.4 Å². The van der Waals surface area contributed by atoms with Crippen LogP contribution in [0.15, 0.2) is 0 Å². The van der Waals surface area contributed by atoms with Gasteiger partial charge in [-0.3, -0.25) is 14.4 Å². The van der Waals surface area contributed by atoms with Crippen LogP contribution < -0.4 is 0 Å². The van der Waals surface area contributed by atoms with Crippen molar-refractivity contribution in [2.75, 3.05) is 0 Å². The van der Waals surface area contributed by atoms with Gasteiger partial charge in [0.25, 0.3) is 0 Å². The Balaban J connectivity index is 4.55. The average molecular weight is 170 g/mol. The number of hydrogen-bond acceptors (Lipinski definition) is 3. The first-order valence-electron chi connectivity index (χ1n) is 4.10. The lowest BCUT2D eigenvalue weighted by molar-refractivity contribution is -0.138. The van der Waals surface area contributed by atoms with Gasteiger partial charge in [-0.15, -0.1) is 0 Å². The molecule has 0 rings (SSSR count). The van der Waals surface area contributed by atoms with E-state index < -0.39 is 5.92 Å². The molecule has 0 spiro atoms. The summed E-state index contributed by atoms with van der Waals surface area (Å²) in [5, 5.41) is 0. The standard InChI is InChI=1S/C9H14O3/c1-4-7(11)9(6(3)10)8(12)5-2/h9H,4-5H2,1-3H3. The highest BCUT2D eigenvalue weighted by molar-refractivity contribution is 6.18. The van der Waals surface area contributed by atoms with E-state index in [0.29, 0.717) is 0 Å². The molecule has 0 radical (unpaired) electrons. The predicted octanol–water partition coefficient (Wildman–Crippen LogP) is 1.15. The molecule has 3 heteroatoms. The second-order valence-corrected chi connectivity index (χ2v) is 2.68. The lowest BCUT2D eigenvalue weighted by Gasteiger charge is -2.07. The van der Waals surface area contributed by atoms with Crippen molar-refractivity contribution in [3.8, 4) is 0 Å². The van der Waals surface area contributed by atoms with Gasteiger partial charge in [0.15, 0.2) is 11.6 Å². The average Bonchev–Trinajstić information content (AvgIpc) is 2.03. The second kappa shape index (κ2) is 4.80. The van der Waals surface area contributed by atoms with E-state index in [1.54, 1.807) is 13.8 Å². The third-order valence-corrected chi connectivity index (χ3v) is 1.75. The molecule has 3 nitrogen and oxygen atoms in total. The Morgan fingerprint density at radius 2 is 1.33 bits per heavy atom. The first kappa shape index (κ1) is 11.0. The lowest BCUT2D eigenvalue weighted by atomic mass is 9.92. The molecule has 0 saturated heterocycles. The maximum absolute atomic E-state index is 11.1. The maximum Gasteiger partial charge on any atom is 0.150 e. The van der Waals surface area contributed by atoms with Gasteiger partial charge in [-0.2, -0.15) is 0 Å². The Bertz CT molecular complexity index is 190. The van der Waals surface area contributed by atoms with Crippen molar-refractivity contribution in [1.29, 1.82) is 0 Å². The summed E-state index contributed by atoms with van der Waals surface area (Å²) in [6, 6.07) is 0. The molecular weight excluding hydrogens is 156 g/mol. The molecule has 0 fully saturated rings. The van der Waals surface area contributed by atoms with Crippen molar-refractivity contribution in [3.63, 3.8) is 0 Å². The van der Waals surface area contributed by atoms with Gasteiger partial charge in [0, 0.05) is 12.8 Å². The molecule has 0 bridgehead atoms. The second-order valence-electron chi connectivity index (χ2n) is 2.68.